The maximum absolute atomic E-state index is 12.9. The minimum absolute atomic E-state index is 0.115. The number of likely N-dealkylation sites (tertiary alicyclic amines) is 1. The van der Waals surface area contributed by atoms with Gasteiger partial charge in [-0.25, -0.2) is 0 Å². The molecule has 1 aliphatic heterocycles. The Hall–Kier alpha value is -1.51. The Kier molecular flexibility index (Phi) is 3.21. The Morgan fingerprint density at radius 2 is 2.09 bits per heavy atom. The molecule has 3 nitrogen and oxygen atoms in total. The molecule has 1 N–H and O–H groups in total. The van der Waals surface area contributed by atoms with E-state index >= 15 is 0 Å². The summed E-state index contributed by atoms with van der Waals surface area (Å²) in [6.45, 7) is 3.18. The summed E-state index contributed by atoms with van der Waals surface area (Å²) in [7, 11) is 0. The van der Waals surface area contributed by atoms with Crippen molar-refractivity contribution in [3.05, 3.63) is 29.3 Å². The van der Waals surface area contributed by atoms with Gasteiger partial charge in [-0.05, 0) is 60.8 Å². The van der Waals surface area contributed by atoms with Crippen LogP contribution in [0.15, 0.2) is 18.2 Å². The summed E-state index contributed by atoms with van der Waals surface area (Å²) in [4.78, 5) is 15.0. The molecule has 22 heavy (non-hydrogen) atoms. The first-order valence-electron chi connectivity index (χ1n) is 8.70. The summed E-state index contributed by atoms with van der Waals surface area (Å²) in [5.41, 5.74) is 2.74. The third-order valence-corrected chi connectivity index (χ3v) is 6.22. The standard InChI is InChI=1S/C19H25NO2/c1-19-8-9-20(18(22)13-4-2-3-5-13)15(12-19)10-14-6-7-16(21)11-17(14)19/h6-7,11,13,15,21H,2-5,8-10,12H2,1H3/t15-,19?/m0/s1. The molecule has 2 bridgehead atoms. The van der Waals surface area contributed by atoms with E-state index in [0.29, 0.717) is 17.7 Å². The predicted octanol–water partition coefficient (Wildman–Crippen LogP) is 3.39. The van der Waals surface area contributed by atoms with Crippen molar-refractivity contribution in [1.82, 2.24) is 4.90 Å². The fourth-order valence-electron chi connectivity index (χ4n) is 4.96. The van der Waals surface area contributed by atoms with Crippen LogP contribution in [0, 0.1) is 5.92 Å². The molecule has 2 fully saturated rings. The molecule has 0 spiro atoms. The van der Waals surface area contributed by atoms with Crippen LogP contribution < -0.4 is 0 Å². The molecule has 0 radical (unpaired) electrons. The number of hydrogen-bond acceptors (Lipinski definition) is 2. The highest BCUT2D eigenvalue weighted by molar-refractivity contribution is 5.79. The average molecular weight is 299 g/mol. The lowest BCUT2D eigenvalue weighted by atomic mass is 9.65. The van der Waals surface area contributed by atoms with Crippen LogP contribution in [0.2, 0.25) is 0 Å². The van der Waals surface area contributed by atoms with Crippen LogP contribution in [0.25, 0.3) is 0 Å². The van der Waals surface area contributed by atoms with E-state index in [1.807, 2.05) is 6.07 Å². The van der Waals surface area contributed by atoms with Crippen LogP contribution in [0.1, 0.15) is 56.6 Å². The number of hydrogen-bond donors (Lipinski definition) is 1. The van der Waals surface area contributed by atoms with Crippen LogP contribution in [0.4, 0.5) is 0 Å². The number of rotatable bonds is 1. The Labute approximate surface area is 132 Å². The third kappa shape index (κ3) is 2.13. The maximum Gasteiger partial charge on any atom is 0.225 e. The van der Waals surface area contributed by atoms with Crippen molar-refractivity contribution in [3.63, 3.8) is 0 Å². The summed E-state index contributed by atoms with van der Waals surface area (Å²) in [6.07, 6.45) is 7.61. The Balaban J connectivity index is 1.63. The monoisotopic (exact) mass is 299 g/mol. The van der Waals surface area contributed by atoms with Gasteiger partial charge >= 0.3 is 0 Å². The molecule has 0 aromatic heterocycles. The highest BCUT2D eigenvalue weighted by atomic mass is 16.3. The zero-order valence-electron chi connectivity index (χ0n) is 13.3. The number of phenolic OH excluding ortho intramolecular Hbond substituents is 1. The van der Waals surface area contributed by atoms with Gasteiger partial charge in [0, 0.05) is 18.5 Å². The van der Waals surface area contributed by atoms with Gasteiger partial charge in [0.2, 0.25) is 5.91 Å². The number of phenols is 1. The van der Waals surface area contributed by atoms with Crippen LogP contribution in [-0.2, 0) is 16.6 Å². The summed E-state index contributed by atoms with van der Waals surface area (Å²) >= 11 is 0. The Morgan fingerprint density at radius 3 is 2.86 bits per heavy atom. The number of carbonyl (C=O) groups excluding carboxylic acids is 1. The molecule has 1 saturated carbocycles. The lowest BCUT2D eigenvalue weighted by molar-refractivity contribution is -0.140. The van der Waals surface area contributed by atoms with Crippen molar-refractivity contribution >= 4 is 5.91 Å². The number of fused-ring (bicyclic) bond motifs is 4. The van der Waals surface area contributed by atoms with Crippen molar-refractivity contribution in [3.8, 4) is 5.75 Å². The number of nitrogens with zero attached hydrogens (tertiary/aromatic N) is 1. The zero-order chi connectivity index (χ0) is 15.3. The first-order valence-corrected chi connectivity index (χ1v) is 8.70. The first kappa shape index (κ1) is 14.1. The smallest absolute Gasteiger partial charge is 0.225 e. The second-order valence-electron chi connectivity index (χ2n) is 7.73. The fourth-order valence-corrected chi connectivity index (χ4v) is 4.96. The van der Waals surface area contributed by atoms with Crippen molar-refractivity contribution in [2.75, 3.05) is 6.54 Å². The largest absolute Gasteiger partial charge is 0.508 e. The quantitative estimate of drug-likeness (QED) is 0.863. The van der Waals surface area contributed by atoms with E-state index < -0.39 is 0 Å². The molecule has 1 unspecified atom stereocenters. The summed E-state index contributed by atoms with van der Waals surface area (Å²) in [5, 5.41) is 9.82. The minimum Gasteiger partial charge on any atom is -0.508 e. The molecular formula is C19H25NO2. The lowest BCUT2D eigenvalue weighted by Gasteiger charge is -2.50. The molecule has 3 heteroatoms. The lowest BCUT2D eigenvalue weighted by Crippen LogP contribution is -2.55. The maximum atomic E-state index is 12.9. The molecule has 3 aliphatic rings. The van der Waals surface area contributed by atoms with Gasteiger partial charge in [0.05, 0.1) is 0 Å². The van der Waals surface area contributed by atoms with E-state index in [1.165, 1.54) is 24.0 Å². The summed E-state index contributed by atoms with van der Waals surface area (Å²) in [6, 6.07) is 6.13. The molecule has 1 amide bonds. The molecule has 1 saturated heterocycles. The van der Waals surface area contributed by atoms with Gasteiger partial charge in [0.25, 0.3) is 0 Å². The molecule has 2 atom stereocenters. The topological polar surface area (TPSA) is 40.5 Å². The normalized spacial score (nSPS) is 31.1. The van der Waals surface area contributed by atoms with Crippen molar-refractivity contribution in [2.45, 2.75) is 63.3 Å². The van der Waals surface area contributed by atoms with Crippen LogP contribution in [-0.4, -0.2) is 28.5 Å². The van der Waals surface area contributed by atoms with Gasteiger partial charge in [0.15, 0.2) is 0 Å². The van der Waals surface area contributed by atoms with Crippen molar-refractivity contribution in [2.24, 2.45) is 5.92 Å². The van der Waals surface area contributed by atoms with Crippen LogP contribution in [0.5, 0.6) is 5.75 Å². The van der Waals surface area contributed by atoms with Gasteiger partial charge in [-0.2, -0.15) is 0 Å². The molecule has 1 aromatic rings. The SMILES string of the molecule is CC12CCN(C(=O)C3CCCC3)[C@@H](Cc3ccc(O)cc31)C2. The zero-order valence-corrected chi connectivity index (χ0v) is 13.3. The van der Waals surface area contributed by atoms with Gasteiger partial charge in [-0.15, -0.1) is 0 Å². The number of benzene rings is 1. The number of carbonyl (C=O) groups is 1. The van der Waals surface area contributed by atoms with E-state index in [-0.39, 0.29) is 11.3 Å². The molecular weight excluding hydrogens is 274 g/mol. The third-order valence-electron chi connectivity index (χ3n) is 6.22. The Morgan fingerprint density at radius 1 is 1.32 bits per heavy atom. The minimum atomic E-state index is 0.115. The van der Waals surface area contributed by atoms with E-state index in [2.05, 4.69) is 17.9 Å². The van der Waals surface area contributed by atoms with Crippen molar-refractivity contribution in [1.29, 1.82) is 0 Å². The number of aromatic hydroxyl groups is 1. The van der Waals surface area contributed by atoms with E-state index in [0.717, 1.165) is 38.6 Å². The summed E-state index contributed by atoms with van der Waals surface area (Å²) < 4.78 is 0. The van der Waals surface area contributed by atoms with Crippen LogP contribution >= 0.6 is 0 Å². The highest BCUT2D eigenvalue weighted by Crippen LogP contribution is 2.46. The van der Waals surface area contributed by atoms with Crippen LogP contribution in [0.3, 0.4) is 0 Å². The predicted molar refractivity (Wildman–Crippen MR) is 85.9 cm³/mol. The second-order valence-corrected chi connectivity index (χ2v) is 7.73. The van der Waals surface area contributed by atoms with Gasteiger partial charge < -0.3 is 10.0 Å². The second kappa shape index (κ2) is 5.00. The van der Waals surface area contributed by atoms with Gasteiger partial charge in [-0.3, -0.25) is 4.79 Å². The van der Waals surface area contributed by atoms with E-state index in [1.54, 1.807) is 6.07 Å². The van der Waals surface area contributed by atoms with E-state index in [4.69, 9.17) is 0 Å². The molecule has 118 valence electrons. The Bertz CT molecular complexity index is 605. The van der Waals surface area contributed by atoms with Gasteiger partial charge in [-0.1, -0.05) is 25.8 Å². The van der Waals surface area contributed by atoms with Crippen molar-refractivity contribution < 1.29 is 9.90 Å². The molecule has 1 heterocycles. The number of piperidine rings is 1. The molecule has 2 aliphatic carbocycles. The molecule has 4 rings (SSSR count). The number of amides is 1. The molecule has 1 aromatic carbocycles. The average Bonchev–Trinajstić information content (AvgIpc) is 3.02. The highest BCUT2D eigenvalue weighted by Gasteiger charge is 2.45. The summed E-state index contributed by atoms with van der Waals surface area (Å²) in [5.74, 6) is 1.06. The first-order chi connectivity index (χ1) is 10.6. The van der Waals surface area contributed by atoms with E-state index in [9.17, 15) is 9.90 Å². The fraction of sp³-hybridized carbons (Fsp3) is 0.632. The van der Waals surface area contributed by atoms with Gasteiger partial charge in [0.1, 0.15) is 5.75 Å².